The van der Waals surface area contributed by atoms with Crippen LogP contribution in [-0.4, -0.2) is 16.6 Å². The summed E-state index contributed by atoms with van der Waals surface area (Å²) in [7, 11) is 1.97. The highest BCUT2D eigenvalue weighted by Gasteiger charge is 2.07. The molecule has 0 aliphatic rings. The summed E-state index contributed by atoms with van der Waals surface area (Å²) in [5.74, 6) is 1.14. The lowest BCUT2D eigenvalue weighted by Gasteiger charge is -2.12. The van der Waals surface area contributed by atoms with Gasteiger partial charge in [-0.1, -0.05) is 19.1 Å². The molecule has 0 radical (unpaired) electrons. The van der Waals surface area contributed by atoms with Crippen LogP contribution in [0.25, 0.3) is 5.69 Å². The van der Waals surface area contributed by atoms with Crippen LogP contribution < -0.4 is 5.32 Å². The van der Waals surface area contributed by atoms with Gasteiger partial charge >= 0.3 is 0 Å². The molecule has 0 unspecified atom stereocenters. The first-order valence-electron chi connectivity index (χ1n) is 6.53. The van der Waals surface area contributed by atoms with E-state index < -0.39 is 0 Å². The van der Waals surface area contributed by atoms with Crippen molar-refractivity contribution >= 4 is 0 Å². The van der Waals surface area contributed by atoms with E-state index in [9.17, 15) is 0 Å². The SMILES string of the molecule is CCCc1nccn1-c1cc(CNC)ccc1C. The molecule has 2 aromatic rings. The Morgan fingerprint density at radius 1 is 1.33 bits per heavy atom. The standard InChI is InChI=1S/C15H21N3/c1-4-5-15-17-8-9-18(15)14-10-13(11-16-3)7-6-12(14)2/h6-10,16H,4-5,11H2,1-3H3. The first-order chi connectivity index (χ1) is 8.76. The fraction of sp³-hybridized carbons (Fsp3) is 0.400. The van der Waals surface area contributed by atoms with Gasteiger partial charge in [0.25, 0.3) is 0 Å². The molecule has 96 valence electrons. The van der Waals surface area contributed by atoms with E-state index >= 15 is 0 Å². The van der Waals surface area contributed by atoms with Crippen molar-refractivity contribution in [3.05, 3.63) is 47.5 Å². The predicted molar refractivity (Wildman–Crippen MR) is 75.1 cm³/mol. The summed E-state index contributed by atoms with van der Waals surface area (Å²) in [5.41, 5.74) is 3.82. The van der Waals surface area contributed by atoms with Crippen LogP contribution in [0.5, 0.6) is 0 Å². The van der Waals surface area contributed by atoms with Crippen LogP contribution in [0.3, 0.4) is 0 Å². The minimum absolute atomic E-state index is 0.894. The number of hydrogen-bond acceptors (Lipinski definition) is 2. The fourth-order valence-electron chi connectivity index (χ4n) is 2.19. The number of aromatic nitrogens is 2. The van der Waals surface area contributed by atoms with Crippen LogP contribution >= 0.6 is 0 Å². The third kappa shape index (κ3) is 2.62. The molecule has 0 saturated heterocycles. The van der Waals surface area contributed by atoms with E-state index in [0.29, 0.717) is 0 Å². The second-order valence-electron chi connectivity index (χ2n) is 4.61. The molecular formula is C15H21N3. The normalized spacial score (nSPS) is 10.8. The Balaban J connectivity index is 2.42. The molecule has 3 nitrogen and oxygen atoms in total. The van der Waals surface area contributed by atoms with Crippen LogP contribution in [0.4, 0.5) is 0 Å². The van der Waals surface area contributed by atoms with Gasteiger partial charge in [-0.05, 0) is 37.6 Å². The molecule has 0 spiro atoms. The molecule has 2 rings (SSSR count). The van der Waals surface area contributed by atoms with E-state index in [-0.39, 0.29) is 0 Å². The maximum atomic E-state index is 4.45. The summed E-state index contributed by atoms with van der Waals surface area (Å²) in [4.78, 5) is 4.45. The van der Waals surface area contributed by atoms with Gasteiger partial charge in [0.2, 0.25) is 0 Å². The third-order valence-electron chi connectivity index (χ3n) is 3.10. The lowest BCUT2D eigenvalue weighted by molar-refractivity contribution is 0.797. The van der Waals surface area contributed by atoms with Gasteiger partial charge in [0.05, 0.1) is 0 Å². The molecule has 0 aliphatic heterocycles. The zero-order valence-corrected chi connectivity index (χ0v) is 11.4. The Labute approximate surface area is 109 Å². The van der Waals surface area contributed by atoms with Crippen molar-refractivity contribution in [1.29, 1.82) is 0 Å². The Morgan fingerprint density at radius 3 is 2.89 bits per heavy atom. The van der Waals surface area contributed by atoms with E-state index in [1.54, 1.807) is 0 Å². The summed E-state index contributed by atoms with van der Waals surface area (Å²) < 4.78 is 2.21. The van der Waals surface area contributed by atoms with Crippen molar-refractivity contribution in [2.45, 2.75) is 33.2 Å². The quantitative estimate of drug-likeness (QED) is 0.875. The zero-order valence-electron chi connectivity index (χ0n) is 11.4. The highest BCUT2D eigenvalue weighted by atomic mass is 15.1. The molecule has 1 aromatic heterocycles. The molecule has 18 heavy (non-hydrogen) atoms. The average molecular weight is 243 g/mol. The van der Waals surface area contributed by atoms with Gasteiger partial charge in [-0.2, -0.15) is 0 Å². The largest absolute Gasteiger partial charge is 0.316 e. The number of imidazole rings is 1. The van der Waals surface area contributed by atoms with Crippen molar-refractivity contribution in [2.24, 2.45) is 0 Å². The first kappa shape index (κ1) is 12.8. The van der Waals surface area contributed by atoms with Gasteiger partial charge in [-0.25, -0.2) is 4.98 Å². The summed E-state index contributed by atoms with van der Waals surface area (Å²) in [5, 5.41) is 3.19. The van der Waals surface area contributed by atoms with Crippen LogP contribution in [0, 0.1) is 6.92 Å². The van der Waals surface area contributed by atoms with Crippen LogP contribution in [0.15, 0.2) is 30.6 Å². The molecule has 0 bridgehead atoms. The maximum Gasteiger partial charge on any atom is 0.113 e. The third-order valence-corrected chi connectivity index (χ3v) is 3.10. The number of hydrogen-bond donors (Lipinski definition) is 1. The number of rotatable bonds is 5. The van der Waals surface area contributed by atoms with Crippen molar-refractivity contribution in [2.75, 3.05) is 7.05 Å². The van der Waals surface area contributed by atoms with E-state index in [1.165, 1.54) is 16.8 Å². The molecule has 0 fully saturated rings. The number of nitrogens with one attached hydrogen (secondary N) is 1. The van der Waals surface area contributed by atoms with E-state index in [0.717, 1.165) is 25.2 Å². The highest BCUT2D eigenvalue weighted by Crippen LogP contribution is 2.18. The molecule has 0 amide bonds. The average Bonchev–Trinajstić information content (AvgIpc) is 2.81. The Hall–Kier alpha value is -1.61. The molecule has 0 atom stereocenters. The van der Waals surface area contributed by atoms with Crippen LogP contribution in [-0.2, 0) is 13.0 Å². The topological polar surface area (TPSA) is 29.9 Å². The molecule has 1 aromatic carbocycles. The molecule has 0 saturated carbocycles. The molecular weight excluding hydrogens is 222 g/mol. The molecule has 1 heterocycles. The van der Waals surface area contributed by atoms with E-state index in [2.05, 4.69) is 53.1 Å². The highest BCUT2D eigenvalue weighted by molar-refractivity contribution is 5.44. The van der Waals surface area contributed by atoms with Gasteiger partial charge in [-0.3, -0.25) is 0 Å². The van der Waals surface area contributed by atoms with Crippen LogP contribution in [0.1, 0.15) is 30.3 Å². The summed E-state index contributed by atoms with van der Waals surface area (Å²) in [6.07, 6.45) is 6.07. The minimum Gasteiger partial charge on any atom is -0.316 e. The van der Waals surface area contributed by atoms with E-state index in [4.69, 9.17) is 0 Å². The van der Waals surface area contributed by atoms with Gasteiger partial charge in [-0.15, -0.1) is 0 Å². The summed E-state index contributed by atoms with van der Waals surface area (Å²) in [6, 6.07) is 6.59. The summed E-state index contributed by atoms with van der Waals surface area (Å²) in [6.45, 7) is 5.22. The lowest BCUT2D eigenvalue weighted by Crippen LogP contribution is -2.07. The predicted octanol–water partition coefficient (Wildman–Crippen LogP) is 2.85. The molecule has 3 heteroatoms. The van der Waals surface area contributed by atoms with Gasteiger partial charge in [0, 0.05) is 31.0 Å². The second-order valence-corrected chi connectivity index (χ2v) is 4.61. The Bertz CT molecular complexity index is 514. The van der Waals surface area contributed by atoms with Gasteiger partial charge < -0.3 is 9.88 Å². The molecule has 1 N–H and O–H groups in total. The summed E-state index contributed by atoms with van der Waals surface area (Å²) >= 11 is 0. The number of benzene rings is 1. The Kier molecular flexibility index (Phi) is 4.15. The zero-order chi connectivity index (χ0) is 13.0. The van der Waals surface area contributed by atoms with Crippen LogP contribution in [0.2, 0.25) is 0 Å². The van der Waals surface area contributed by atoms with Crippen molar-refractivity contribution in [1.82, 2.24) is 14.9 Å². The first-order valence-corrected chi connectivity index (χ1v) is 6.53. The second kappa shape index (κ2) is 5.83. The monoisotopic (exact) mass is 243 g/mol. The number of nitrogens with zero attached hydrogens (tertiary/aromatic N) is 2. The Morgan fingerprint density at radius 2 is 2.17 bits per heavy atom. The van der Waals surface area contributed by atoms with Crippen molar-refractivity contribution < 1.29 is 0 Å². The minimum atomic E-state index is 0.894. The van der Waals surface area contributed by atoms with Crippen molar-refractivity contribution in [3.63, 3.8) is 0 Å². The maximum absolute atomic E-state index is 4.45. The number of aryl methyl sites for hydroxylation is 2. The smallest absolute Gasteiger partial charge is 0.113 e. The van der Waals surface area contributed by atoms with Crippen molar-refractivity contribution in [3.8, 4) is 5.69 Å². The molecule has 0 aliphatic carbocycles. The lowest BCUT2D eigenvalue weighted by atomic mass is 10.1. The van der Waals surface area contributed by atoms with Gasteiger partial charge in [0.15, 0.2) is 0 Å². The van der Waals surface area contributed by atoms with E-state index in [1.807, 2.05) is 13.2 Å². The van der Waals surface area contributed by atoms with Gasteiger partial charge in [0.1, 0.15) is 5.82 Å². The fourth-order valence-corrected chi connectivity index (χ4v) is 2.19.